The predicted octanol–water partition coefficient (Wildman–Crippen LogP) is 4.48. The monoisotopic (exact) mass is 440 g/mol. The third-order valence-corrected chi connectivity index (χ3v) is 6.52. The number of amides is 1. The third-order valence-electron chi connectivity index (χ3n) is 4.27. The zero-order valence-corrected chi connectivity index (χ0v) is 18.6. The molecule has 0 aliphatic carbocycles. The van der Waals surface area contributed by atoms with Crippen molar-refractivity contribution >= 4 is 50.9 Å². The zero-order chi connectivity index (χ0) is 21.8. The Labute approximate surface area is 182 Å². The summed E-state index contributed by atoms with van der Waals surface area (Å²) in [6.07, 6.45) is 0. The molecule has 0 fully saturated rings. The van der Waals surface area contributed by atoms with Gasteiger partial charge < -0.3 is 10.1 Å². The molecule has 7 nitrogen and oxygen atoms in total. The minimum absolute atomic E-state index is 0.187. The molecule has 9 heteroatoms. The number of rotatable bonds is 6. The van der Waals surface area contributed by atoms with Crippen molar-refractivity contribution in [2.24, 2.45) is 0 Å². The van der Waals surface area contributed by atoms with E-state index < -0.39 is 5.25 Å². The lowest BCUT2D eigenvalue weighted by molar-refractivity contribution is -0.115. The number of benzene rings is 1. The average Bonchev–Trinajstić information content (AvgIpc) is 3.05. The molecule has 0 saturated carbocycles. The van der Waals surface area contributed by atoms with Gasteiger partial charge in [-0.1, -0.05) is 11.8 Å². The van der Waals surface area contributed by atoms with Crippen LogP contribution in [0.4, 0.5) is 5.69 Å². The van der Waals surface area contributed by atoms with Gasteiger partial charge in [0.1, 0.15) is 20.6 Å². The molecule has 1 atom stereocenters. The molecule has 0 saturated heterocycles. The maximum Gasteiger partial charge on any atom is 0.348 e. The molecule has 3 aromatic rings. The van der Waals surface area contributed by atoms with Crippen LogP contribution in [-0.4, -0.2) is 33.7 Å². The van der Waals surface area contributed by atoms with Crippen LogP contribution in [0.2, 0.25) is 0 Å². The van der Waals surface area contributed by atoms with E-state index in [1.54, 1.807) is 45.0 Å². The van der Waals surface area contributed by atoms with Gasteiger partial charge in [0.15, 0.2) is 0 Å². The normalized spacial score (nSPS) is 11.7. The van der Waals surface area contributed by atoms with Crippen LogP contribution >= 0.6 is 23.1 Å². The van der Waals surface area contributed by atoms with Gasteiger partial charge in [-0.2, -0.15) is 5.26 Å². The molecule has 0 spiro atoms. The second-order valence-corrected chi connectivity index (χ2v) is 8.80. The Morgan fingerprint density at radius 2 is 1.97 bits per heavy atom. The number of esters is 1. The summed E-state index contributed by atoms with van der Waals surface area (Å²) < 4.78 is 5.14. The molecule has 2 heterocycles. The molecular formula is C21H20N4O3S2. The summed E-state index contributed by atoms with van der Waals surface area (Å²) in [4.78, 5) is 35.1. The van der Waals surface area contributed by atoms with Crippen LogP contribution < -0.4 is 5.32 Å². The average molecular weight is 441 g/mol. The first kappa shape index (κ1) is 21.7. The maximum atomic E-state index is 12.7. The third kappa shape index (κ3) is 4.61. The molecule has 1 aromatic carbocycles. The first-order valence-corrected chi connectivity index (χ1v) is 11.0. The van der Waals surface area contributed by atoms with Gasteiger partial charge in [-0.3, -0.25) is 4.79 Å². The van der Waals surface area contributed by atoms with E-state index in [1.807, 2.05) is 13.0 Å². The van der Waals surface area contributed by atoms with Gasteiger partial charge in [-0.05, 0) is 57.5 Å². The van der Waals surface area contributed by atoms with Crippen molar-refractivity contribution < 1.29 is 14.3 Å². The molecule has 1 amide bonds. The quantitative estimate of drug-likeness (QED) is 0.342. The Morgan fingerprint density at radius 3 is 2.60 bits per heavy atom. The van der Waals surface area contributed by atoms with Gasteiger partial charge in [0.25, 0.3) is 0 Å². The largest absolute Gasteiger partial charge is 0.462 e. The number of thiophene rings is 1. The highest BCUT2D eigenvalue weighted by molar-refractivity contribution is 8.00. The summed E-state index contributed by atoms with van der Waals surface area (Å²) in [7, 11) is 0. The number of anilines is 1. The van der Waals surface area contributed by atoms with E-state index in [1.165, 1.54) is 23.1 Å². The van der Waals surface area contributed by atoms with Gasteiger partial charge in [-0.15, -0.1) is 11.3 Å². The number of fused-ring (bicyclic) bond motifs is 1. The number of hydrogen-bond acceptors (Lipinski definition) is 8. The Hall–Kier alpha value is -2.96. The summed E-state index contributed by atoms with van der Waals surface area (Å²) >= 11 is 2.59. The van der Waals surface area contributed by atoms with E-state index in [4.69, 9.17) is 10.00 Å². The molecule has 1 N–H and O–H groups in total. The lowest BCUT2D eigenvalue weighted by atomic mass is 10.2. The van der Waals surface area contributed by atoms with Gasteiger partial charge in [-0.25, -0.2) is 14.8 Å². The second-order valence-electron chi connectivity index (χ2n) is 6.47. The molecule has 0 aliphatic rings. The van der Waals surface area contributed by atoms with Crippen LogP contribution in [0.15, 0.2) is 29.3 Å². The van der Waals surface area contributed by atoms with Crippen molar-refractivity contribution in [2.75, 3.05) is 11.9 Å². The number of ether oxygens (including phenoxy) is 1. The summed E-state index contributed by atoms with van der Waals surface area (Å²) in [5.74, 6) is 0.00666. The summed E-state index contributed by atoms with van der Waals surface area (Å²) in [6, 6.07) is 8.72. The van der Waals surface area contributed by atoms with Gasteiger partial charge in [0.2, 0.25) is 5.91 Å². The van der Waals surface area contributed by atoms with Crippen LogP contribution in [-0.2, 0) is 9.53 Å². The highest BCUT2D eigenvalue weighted by Gasteiger charge is 2.24. The molecule has 30 heavy (non-hydrogen) atoms. The van der Waals surface area contributed by atoms with Crippen molar-refractivity contribution in [3.63, 3.8) is 0 Å². The smallest absolute Gasteiger partial charge is 0.348 e. The Kier molecular flexibility index (Phi) is 6.70. The van der Waals surface area contributed by atoms with Crippen LogP contribution in [0.1, 0.15) is 40.5 Å². The maximum absolute atomic E-state index is 12.7. The van der Waals surface area contributed by atoms with Crippen molar-refractivity contribution in [1.29, 1.82) is 5.26 Å². The Balaban J connectivity index is 1.85. The fraction of sp³-hybridized carbons (Fsp3) is 0.286. The number of hydrogen-bond donors (Lipinski definition) is 1. The standard InChI is InChI=1S/C21H20N4O3S2/c1-5-28-21(27)17-11(2)16-19(23-13(4)24-20(16)30-17)29-12(3)18(26)25-15-8-6-14(10-22)7-9-15/h6-9,12H,5H2,1-4H3,(H,25,26)/t12-/m0/s1. The van der Waals surface area contributed by atoms with Crippen LogP contribution in [0.3, 0.4) is 0 Å². The van der Waals surface area contributed by atoms with E-state index in [2.05, 4.69) is 15.3 Å². The fourth-order valence-corrected chi connectivity index (χ4v) is 5.01. The topological polar surface area (TPSA) is 105 Å². The van der Waals surface area contributed by atoms with Crippen molar-refractivity contribution in [1.82, 2.24) is 9.97 Å². The Bertz CT molecular complexity index is 1150. The first-order chi connectivity index (χ1) is 14.3. The molecular weight excluding hydrogens is 420 g/mol. The van der Waals surface area contributed by atoms with E-state index in [9.17, 15) is 9.59 Å². The van der Waals surface area contributed by atoms with Crippen LogP contribution in [0.25, 0.3) is 10.2 Å². The molecule has 154 valence electrons. The number of carbonyl (C=O) groups is 2. The number of nitrogens with one attached hydrogen (secondary N) is 1. The summed E-state index contributed by atoms with van der Waals surface area (Å²) in [5.41, 5.74) is 1.90. The highest BCUT2D eigenvalue weighted by Crippen LogP contribution is 2.37. The SMILES string of the molecule is CCOC(=O)c1sc2nc(C)nc(S[C@@H](C)C(=O)Nc3ccc(C#N)cc3)c2c1C. The number of aromatic nitrogens is 2. The molecule has 2 aromatic heterocycles. The molecule has 0 bridgehead atoms. The van der Waals surface area contributed by atoms with Crippen molar-refractivity contribution in [3.8, 4) is 6.07 Å². The van der Waals surface area contributed by atoms with Crippen molar-refractivity contribution in [3.05, 3.63) is 46.1 Å². The first-order valence-electron chi connectivity index (χ1n) is 9.26. The van der Waals surface area contributed by atoms with Crippen LogP contribution in [0, 0.1) is 25.2 Å². The number of carbonyl (C=O) groups excluding carboxylic acids is 2. The fourth-order valence-electron chi connectivity index (χ4n) is 2.77. The zero-order valence-electron chi connectivity index (χ0n) is 17.0. The molecule has 3 rings (SSSR count). The molecule has 0 radical (unpaired) electrons. The number of aryl methyl sites for hydroxylation is 2. The van der Waals surface area contributed by atoms with Gasteiger partial charge in [0.05, 0.1) is 23.5 Å². The van der Waals surface area contributed by atoms with E-state index in [0.717, 1.165) is 10.9 Å². The van der Waals surface area contributed by atoms with E-state index in [0.29, 0.717) is 38.4 Å². The summed E-state index contributed by atoms with van der Waals surface area (Å²) in [6.45, 7) is 7.48. The number of nitrogens with zero attached hydrogens (tertiary/aromatic N) is 3. The van der Waals surface area contributed by atoms with Gasteiger partial charge in [0, 0.05) is 11.1 Å². The Morgan fingerprint density at radius 1 is 1.27 bits per heavy atom. The minimum Gasteiger partial charge on any atom is -0.462 e. The number of thioether (sulfide) groups is 1. The minimum atomic E-state index is -0.441. The second kappa shape index (κ2) is 9.24. The summed E-state index contributed by atoms with van der Waals surface area (Å²) in [5, 5.41) is 12.7. The number of nitriles is 1. The van der Waals surface area contributed by atoms with E-state index >= 15 is 0 Å². The molecule has 0 aliphatic heterocycles. The lowest BCUT2D eigenvalue weighted by Crippen LogP contribution is -2.22. The predicted molar refractivity (Wildman–Crippen MR) is 118 cm³/mol. The highest BCUT2D eigenvalue weighted by atomic mass is 32.2. The van der Waals surface area contributed by atoms with Gasteiger partial charge >= 0.3 is 5.97 Å². The van der Waals surface area contributed by atoms with E-state index in [-0.39, 0.29) is 11.9 Å². The molecule has 0 unspecified atom stereocenters. The lowest BCUT2D eigenvalue weighted by Gasteiger charge is -2.13. The van der Waals surface area contributed by atoms with Crippen molar-refractivity contribution in [2.45, 2.75) is 38.0 Å². The van der Waals surface area contributed by atoms with Crippen LogP contribution in [0.5, 0.6) is 0 Å².